The molecule has 3 aromatic carbocycles. The summed E-state index contributed by atoms with van der Waals surface area (Å²) in [5, 5.41) is 3.04. The average Bonchev–Trinajstić information content (AvgIpc) is 3.71. The number of hydrogen-bond acceptors (Lipinski definition) is 0. The lowest BCUT2D eigenvalue weighted by Crippen LogP contribution is -2.50. The van der Waals surface area contributed by atoms with E-state index < -0.39 is 13.9 Å². The standard InChI is InChI=1S/C40H40B2F4N4/c1-9-11-35-30-15-23(5)24(6)16-31(30)39-20-40-34-17-28-26(8)48-38(32(28)18-33(34)36(12-10-2)50(40)42(45,46)49(35)39)19-37-29-14-22(4)21(3)13-27(29)25(7)47(37)41(48,43)44/h13-20H,9-12H2,1-8H3. The molecule has 10 heteroatoms. The number of fused-ring (bicyclic) bond motifs is 12. The molecule has 0 fully saturated rings. The lowest BCUT2D eigenvalue weighted by Gasteiger charge is -2.31. The zero-order valence-corrected chi connectivity index (χ0v) is 29.9. The Bertz CT molecular complexity index is 2580. The van der Waals surface area contributed by atoms with Gasteiger partial charge in [-0.1, -0.05) is 20.3 Å². The Kier molecular flexibility index (Phi) is 6.29. The van der Waals surface area contributed by atoms with Crippen molar-refractivity contribution in [2.24, 2.45) is 0 Å². The quantitative estimate of drug-likeness (QED) is 0.133. The smallest absolute Gasteiger partial charge is 0.393 e. The molecule has 0 bridgehead atoms. The number of rotatable bonds is 4. The molecule has 0 atom stereocenters. The van der Waals surface area contributed by atoms with Crippen LogP contribution >= 0.6 is 0 Å². The van der Waals surface area contributed by atoms with Gasteiger partial charge in [-0.25, -0.2) is 0 Å². The van der Waals surface area contributed by atoms with Gasteiger partial charge in [0.25, 0.3) is 0 Å². The first-order valence-corrected chi connectivity index (χ1v) is 17.9. The molecule has 50 heavy (non-hydrogen) atoms. The molecule has 4 aliphatic rings. The lowest BCUT2D eigenvalue weighted by molar-refractivity contribution is -0.319. The molecule has 6 heterocycles. The van der Waals surface area contributed by atoms with Crippen LogP contribution in [0.25, 0.3) is 45.1 Å². The van der Waals surface area contributed by atoms with Gasteiger partial charge in [-0.05, 0) is 118 Å². The Balaban J connectivity index is 1.34. The van der Waals surface area contributed by atoms with Gasteiger partial charge in [0, 0.05) is 58.4 Å². The number of halogens is 4. The first kappa shape index (κ1) is 31.4. The lowest BCUT2D eigenvalue weighted by atomic mass is 9.89. The Morgan fingerprint density at radius 2 is 1.04 bits per heavy atom. The van der Waals surface area contributed by atoms with Crippen molar-refractivity contribution in [1.82, 2.24) is 8.96 Å². The molecule has 9 rings (SSSR count). The van der Waals surface area contributed by atoms with Gasteiger partial charge >= 0.3 is 13.9 Å². The van der Waals surface area contributed by atoms with Crippen molar-refractivity contribution < 1.29 is 26.2 Å². The number of benzene rings is 3. The van der Waals surface area contributed by atoms with Crippen molar-refractivity contribution in [1.29, 1.82) is 0 Å². The minimum Gasteiger partial charge on any atom is -0.393 e. The maximum atomic E-state index is 17.4. The van der Waals surface area contributed by atoms with E-state index in [4.69, 9.17) is 0 Å². The van der Waals surface area contributed by atoms with Crippen LogP contribution in [0, 0.1) is 34.6 Å². The molecule has 0 saturated heterocycles. The Hall–Kier alpha value is -4.59. The number of aromatic nitrogens is 2. The Morgan fingerprint density at radius 1 is 0.540 bits per heavy atom. The predicted molar refractivity (Wildman–Crippen MR) is 200 cm³/mol. The molecule has 0 amide bonds. The van der Waals surface area contributed by atoms with Crippen molar-refractivity contribution in [3.63, 3.8) is 0 Å². The summed E-state index contributed by atoms with van der Waals surface area (Å²) in [4.78, 5) is 0. The predicted octanol–water partition coefficient (Wildman–Crippen LogP) is 10.0. The van der Waals surface area contributed by atoms with Crippen LogP contribution in [0.2, 0.25) is 0 Å². The van der Waals surface area contributed by atoms with Crippen LogP contribution in [0.3, 0.4) is 0 Å². The van der Waals surface area contributed by atoms with E-state index in [1.807, 2.05) is 84.0 Å². The topological polar surface area (TPSA) is 15.9 Å². The van der Waals surface area contributed by atoms with Crippen LogP contribution in [0.5, 0.6) is 0 Å². The molecule has 0 saturated carbocycles. The first-order valence-electron chi connectivity index (χ1n) is 17.9. The molecule has 0 spiro atoms. The highest BCUT2D eigenvalue weighted by atomic mass is 19.3. The van der Waals surface area contributed by atoms with Crippen LogP contribution < -0.4 is 0 Å². The molecular weight excluding hydrogens is 634 g/mol. The van der Waals surface area contributed by atoms with Gasteiger partial charge in [0.05, 0.1) is 22.3 Å². The van der Waals surface area contributed by atoms with Gasteiger partial charge < -0.3 is 35.2 Å². The van der Waals surface area contributed by atoms with Crippen molar-refractivity contribution in [3.8, 4) is 0 Å². The maximum absolute atomic E-state index is 17.4. The van der Waals surface area contributed by atoms with Crippen molar-refractivity contribution >= 4 is 70.5 Å². The molecule has 0 aliphatic carbocycles. The largest absolute Gasteiger partial charge is 0.737 e. The second-order valence-electron chi connectivity index (χ2n) is 15.0. The highest BCUT2D eigenvalue weighted by molar-refractivity contribution is 6.60. The molecule has 0 unspecified atom stereocenters. The van der Waals surface area contributed by atoms with Gasteiger partial charge in [0.2, 0.25) is 0 Å². The molecule has 5 aromatic rings. The first-order chi connectivity index (χ1) is 23.7. The monoisotopic (exact) mass is 674 g/mol. The zero-order chi connectivity index (χ0) is 35.3. The minimum absolute atomic E-state index is 0.427. The summed E-state index contributed by atoms with van der Waals surface area (Å²) < 4.78 is 73.7. The Labute approximate surface area is 289 Å². The van der Waals surface area contributed by atoms with E-state index in [1.54, 1.807) is 13.8 Å². The third-order valence-corrected chi connectivity index (χ3v) is 12.0. The van der Waals surface area contributed by atoms with E-state index >= 15 is 17.3 Å². The molecule has 254 valence electrons. The summed E-state index contributed by atoms with van der Waals surface area (Å²) >= 11 is 0. The normalized spacial score (nSPS) is 17.9. The van der Waals surface area contributed by atoms with E-state index in [9.17, 15) is 0 Å². The number of nitrogens with zero attached hydrogens (tertiary/aromatic N) is 4. The van der Waals surface area contributed by atoms with E-state index in [0.29, 0.717) is 86.8 Å². The third kappa shape index (κ3) is 3.69. The summed E-state index contributed by atoms with van der Waals surface area (Å²) in [5.74, 6) is 0. The molecule has 4 nitrogen and oxygen atoms in total. The van der Waals surface area contributed by atoms with Crippen LogP contribution in [-0.2, 0) is 6.42 Å². The fourth-order valence-electron chi connectivity index (χ4n) is 9.42. The van der Waals surface area contributed by atoms with Crippen LogP contribution in [0.15, 0.2) is 36.4 Å². The van der Waals surface area contributed by atoms with Gasteiger partial charge in [-0.15, -0.1) is 0 Å². The summed E-state index contributed by atoms with van der Waals surface area (Å²) in [6, 6.07) is 11.9. The van der Waals surface area contributed by atoms with Gasteiger partial charge in [0.1, 0.15) is 11.4 Å². The molecule has 4 aliphatic heterocycles. The van der Waals surface area contributed by atoms with Crippen molar-refractivity contribution in [2.75, 3.05) is 0 Å². The van der Waals surface area contributed by atoms with Crippen LogP contribution in [0.1, 0.15) is 107 Å². The van der Waals surface area contributed by atoms with Crippen molar-refractivity contribution in [3.05, 3.63) is 104 Å². The SMILES string of the molecule is CCCC1=[N+]2C(=Cc3c4cc(C)c(C)cc4c(CCC)n3[B-]2(F)F)c2cc3c(C)n4c(c3cc21)C=C1c2cc(C)c(C)cc2C(C)=[N+]1[B-]4(F)F. The van der Waals surface area contributed by atoms with Crippen LogP contribution in [-0.4, -0.2) is 43.3 Å². The summed E-state index contributed by atoms with van der Waals surface area (Å²) in [5.41, 5.74) is 11.4. The van der Waals surface area contributed by atoms with E-state index in [1.165, 1.54) is 17.9 Å². The number of aryl methyl sites for hydroxylation is 6. The molecule has 0 radical (unpaired) electrons. The van der Waals surface area contributed by atoms with E-state index in [2.05, 4.69) is 6.07 Å². The molecule has 2 aromatic heterocycles. The summed E-state index contributed by atoms with van der Waals surface area (Å²) in [6.45, 7) is 7.11. The summed E-state index contributed by atoms with van der Waals surface area (Å²) in [6.07, 6.45) is 6.20. The van der Waals surface area contributed by atoms with Crippen LogP contribution in [0.4, 0.5) is 17.3 Å². The maximum Gasteiger partial charge on any atom is 0.737 e. The zero-order valence-electron chi connectivity index (χ0n) is 29.9. The Morgan fingerprint density at radius 3 is 1.70 bits per heavy atom. The van der Waals surface area contributed by atoms with Gasteiger partial charge in [-0.3, -0.25) is 0 Å². The number of hydrogen-bond donors (Lipinski definition) is 0. The fraction of sp³-hybridized carbons (Fsp3) is 0.300. The highest BCUT2D eigenvalue weighted by Gasteiger charge is 2.57. The van der Waals surface area contributed by atoms with E-state index in [0.717, 1.165) is 50.6 Å². The third-order valence-electron chi connectivity index (χ3n) is 12.0. The second-order valence-corrected chi connectivity index (χ2v) is 15.0. The van der Waals surface area contributed by atoms with E-state index in [-0.39, 0.29) is 0 Å². The van der Waals surface area contributed by atoms with Gasteiger partial charge in [0.15, 0.2) is 11.4 Å². The molecule has 0 N–H and O–H groups in total. The minimum atomic E-state index is -4.25. The average molecular weight is 674 g/mol. The molecular formula is C40H40B2F4N4. The summed E-state index contributed by atoms with van der Waals surface area (Å²) in [7, 11) is 0. The fourth-order valence-corrected chi connectivity index (χ4v) is 9.42. The second kappa shape index (κ2) is 10.0. The highest BCUT2D eigenvalue weighted by Crippen LogP contribution is 2.48. The van der Waals surface area contributed by atoms with Crippen molar-refractivity contribution in [2.45, 2.75) is 81.1 Å². The van der Waals surface area contributed by atoms with Gasteiger partial charge in [-0.2, -0.15) is 0 Å².